The van der Waals surface area contributed by atoms with E-state index in [9.17, 15) is 4.79 Å². The van der Waals surface area contributed by atoms with E-state index in [1.807, 2.05) is 0 Å². The third-order valence-electron chi connectivity index (χ3n) is 4.69. The standard InChI is InChI=1S/C20H23NO4/c1-11-6-7-12(2)13(8-11)14-9-17(22)21-15-10-16(23-3)19(24-4)20(25-5)18(14)15/h6-8,10,14H,9H2,1-5H3,(H,21,22). The number of amides is 1. The average molecular weight is 341 g/mol. The lowest BCUT2D eigenvalue weighted by molar-refractivity contribution is -0.116. The van der Waals surface area contributed by atoms with Crippen molar-refractivity contribution in [1.29, 1.82) is 0 Å². The second kappa shape index (κ2) is 6.67. The van der Waals surface area contributed by atoms with Gasteiger partial charge in [-0.2, -0.15) is 0 Å². The molecule has 0 aliphatic carbocycles. The van der Waals surface area contributed by atoms with Crippen LogP contribution in [0, 0.1) is 13.8 Å². The van der Waals surface area contributed by atoms with Gasteiger partial charge in [-0.1, -0.05) is 23.8 Å². The van der Waals surface area contributed by atoms with Crippen LogP contribution >= 0.6 is 0 Å². The van der Waals surface area contributed by atoms with Crippen LogP contribution in [0.15, 0.2) is 24.3 Å². The van der Waals surface area contributed by atoms with Crippen LogP contribution in [0.2, 0.25) is 0 Å². The van der Waals surface area contributed by atoms with E-state index in [4.69, 9.17) is 14.2 Å². The molecule has 5 heteroatoms. The molecule has 1 amide bonds. The van der Waals surface area contributed by atoms with Gasteiger partial charge in [-0.05, 0) is 25.0 Å². The maximum absolute atomic E-state index is 12.3. The molecule has 1 heterocycles. The van der Waals surface area contributed by atoms with Gasteiger partial charge in [-0.25, -0.2) is 0 Å². The van der Waals surface area contributed by atoms with Crippen LogP contribution in [0.1, 0.15) is 34.6 Å². The molecule has 0 saturated heterocycles. The number of methoxy groups -OCH3 is 3. The summed E-state index contributed by atoms with van der Waals surface area (Å²) in [6, 6.07) is 8.10. The smallest absolute Gasteiger partial charge is 0.225 e. The molecule has 25 heavy (non-hydrogen) atoms. The molecule has 1 aliphatic rings. The number of hydrogen-bond donors (Lipinski definition) is 1. The molecule has 2 aromatic rings. The van der Waals surface area contributed by atoms with Crippen LogP contribution in [0.5, 0.6) is 17.2 Å². The lowest BCUT2D eigenvalue weighted by Gasteiger charge is -2.30. The summed E-state index contributed by atoms with van der Waals surface area (Å²) in [4.78, 5) is 12.3. The normalized spacial score (nSPS) is 16.0. The maximum Gasteiger partial charge on any atom is 0.225 e. The highest BCUT2D eigenvalue weighted by molar-refractivity contribution is 5.97. The van der Waals surface area contributed by atoms with Gasteiger partial charge >= 0.3 is 0 Å². The molecule has 2 aromatic carbocycles. The molecule has 1 atom stereocenters. The molecular weight excluding hydrogens is 318 g/mol. The first-order valence-electron chi connectivity index (χ1n) is 8.20. The third-order valence-corrected chi connectivity index (χ3v) is 4.69. The molecule has 1 unspecified atom stereocenters. The predicted octanol–water partition coefficient (Wildman–Crippen LogP) is 3.80. The second-order valence-corrected chi connectivity index (χ2v) is 6.27. The minimum absolute atomic E-state index is 0.0207. The van der Waals surface area contributed by atoms with E-state index in [2.05, 4.69) is 37.4 Å². The van der Waals surface area contributed by atoms with E-state index in [-0.39, 0.29) is 11.8 Å². The monoisotopic (exact) mass is 341 g/mol. The number of benzene rings is 2. The molecule has 0 radical (unpaired) electrons. The van der Waals surface area contributed by atoms with Crippen LogP contribution < -0.4 is 19.5 Å². The number of hydrogen-bond acceptors (Lipinski definition) is 4. The third kappa shape index (κ3) is 2.90. The Balaban J connectivity index is 2.29. The molecule has 1 N–H and O–H groups in total. The van der Waals surface area contributed by atoms with Crippen molar-refractivity contribution in [3.05, 3.63) is 46.5 Å². The van der Waals surface area contributed by atoms with Crippen molar-refractivity contribution in [3.8, 4) is 17.2 Å². The van der Waals surface area contributed by atoms with Crippen LogP contribution in [0.25, 0.3) is 0 Å². The van der Waals surface area contributed by atoms with Gasteiger partial charge in [0.25, 0.3) is 0 Å². The summed E-state index contributed by atoms with van der Waals surface area (Å²) in [6.45, 7) is 4.12. The lowest BCUT2D eigenvalue weighted by Crippen LogP contribution is -2.25. The summed E-state index contributed by atoms with van der Waals surface area (Å²) in [5.74, 6) is 1.55. The fourth-order valence-corrected chi connectivity index (χ4v) is 3.52. The zero-order valence-corrected chi connectivity index (χ0v) is 15.2. The van der Waals surface area contributed by atoms with Crippen molar-refractivity contribution in [3.63, 3.8) is 0 Å². The topological polar surface area (TPSA) is 56.8 Å². The molecule has 0 spiro atoms. The Morgan fingerprint density at radius 3 is 2.36 bits per heavy atom. The Hall–Kier alpha value is -2.69. The van der Waals surface area contributed by atoms with Gasteiger partial charge in [-0.15, -0.1) is 0 Å². The Labute approximate surface area is 147 Å². The Morgan fingerprint density at radius 1 is 1.00 bits per heavy atom. The molecule has 0 saturated carbocycles. The zero-order valence-electron chi connectivity index (χ0n) is 15.2. The molecular formula is C20H23NO4. The maximum atomic E-state index is 12.3. The average Bonchev–Trinajstić information content (AvgIpc) is 2.61. The quantitative estimate of drug-likeness (QED) is 0.919. The van der Waals surface area contributed by atoms with Crippen LogP contribution in [-0.4, -0.2) is 27.2 Å². The van der Waals surface area contributed by atoms with Crippen molar-refractivity contribution in [2.45, 2.75) is 26.2 Å². The highest BCUT2D eigenvalue weighted by Crippen LogP contribution is 2.51. The number of ether oxygens (including phenoxy) is 3. The first-order chi connectivity index (χ1) is 12.0. The number of nitrogens with one attached hydrogen (secondary N) is 1. The summed E-state index contributed by atoms with van der Waals surface area (Å²) in [5, 5.41) is 2.94. The summed E-state index contributed by atoms with van der Waals surface area (Å²) in [7, 11) is 4.76. The summed E-state index contributed by atoms with van der Waals surface area (Å²) < 4.78 is 16.6. The number of fused-ring (bicyclic) bond motifs is 1. The van der Waals surface area contributed by atoms with Gasteiger partial charge in [0.1, 0.15) is 0 Å². The van der Waals surface area contributed by atoms with E-state index in [0.717, 1.165) is 22.3 Å². The Bertz CT molecular complexity index is 829. The van der Waals surface area contributed by atoms with Gasteiger partial charge in [0.15, 0.2) is 11.5 Å². The van der Waals surface area contributed by atoms with E-state index in [1.165, 1.54) is 0 Å². The molecule has 0 fully saturated rings. The summed E-state index contributed by atoms with van der Waals surface area (Å²) in [6.07, 6.45) is 0.364. The highest BCUT2D eigenvalue weighted by atomic mass is 16.5. The number of carbonyl (C=O) groups excluding carboxylic acids is 1. The SMILES string of the molecule is COc1cc2c(c(OC)c1OC)C(c1cc(C)ccc1C)CC(=O)N2. The number of aryl methyl sites for hydroxylation is 2. The van der Waals surface area contributed by atoms with E-state index < -0.39 is 0 Å². The van der Waals surface area contributed by atoms with Gasteiger partial charge < -0.3 is 19.5 Å². The van der Waals surface area contributed by atoms with Gasteiger partial charge in [-0.3, -0.25) is 4.79 Å². The Kier molecular flexibility index (Phi) is 4.57. The predicted molar refractivity (Wildman–Crippen MR) is 97.1 cm³/mol. The minimum Gasteiger partial charge on any atom is -0.493 e. The molecule has 132 valence electrons. The first kappa shape index (κ1) is 17.1. The largest absolute Gasteiger partial charge is 0.493 e. The van der Waals surface area contributed by atoms with Gasteiger partial charge in [0.2, 0.25) is 11.7 Å². The van der Waals surface area contributed by atoms with Crippen LogP contribution in [0.3, 0.4) is 0 Å². The zero-order chi connectivity index (χ0) is 18.1. The molecule has 5 nitrogen and oxygen atoms in total. The van der Waals surface area contributed by atoms with Gasteiger partial charge in [0.05, 0.1) is 27.0 Å². The van der Waals surface area contributed by atoms with Crippen molar-refractivity contribution in [2.75, 3.05) is 26.6 Å². The minimum atomic E-state index is -0.0987. The van der Waals surface area contributed by atoms with Crippen molar-refractivity contribution in [2.24, 2.45) is 0 Å². The van der Waals surface area contributed by atoms with Gasteiger partial charge in [0, 0.05) is 24.0 Å². The molecule has 0 aromatic heterocycles. The van der Waals surface area contributed by atoms with Crippen LogP contribution in [0.4, 0.5) is 5.69 Å². The van der Waals surface area contributed by atoms with E-state index in [0.29, 0.717) is 29.4 Å². The summed E-state index contributed by atoms with van der Waals surface area (Å²) >= 11 is 0. The van der Waals surface area contributed by atoms with E-state index in [1.54, 1.807) is 27.4 Å². The fourth-order valence-electron chi connectivity index (χ4n) is 3.52. The highest BCUT2D eigenvalue weighted by Gasteiger charge is 2.34. The van der Waals surface area contributed by atoms with Crippen molar-refractivity contribution >= 4 is 11.6 Å². The number of anilines is 1. The van der Waals surface area contributed by atoms with Crippen molar-refractivity contribution in [1.82, 2.24) is 0 Å². The first-order valence-corrected chi connectivity index (χ1v) is 8.20. The fraction of sp³-hybridized carbons (Fsp3) is 0.350. The van der Waals surface area contributed by atoms with Crippen LogP contribution in [-0.2, 0) is 4.79 Å². The molecule has 0 bridgehead atoms. The number of carbonyl (C=O) groups is 1. The van der Waals surface area contributed by atoms with Crippen molar-refractivity contribution < 1.29 is 19.0 Å². The Morgan fingerprint density at radius 2 is 1.72 bits per heavy atom. The lowest BCUT2D eigenvalue weighted by atomic mass is 9.81. The molecule has 1 aliphatic heterocycles. The second-order valence-electron chi connectivity index (χ2n) is 6.27. The number of rotatable bonds is 4. The molecule has 3 rings (SSSR count). The summed E-state index contributed by atoms with van der Waals surface area (Å²) in [5.41, 5.74) is 5.06. The van der Waals surface area contributed by atoms with E-state index >= 15 is 0 Å².